The number of carbonyl (C=O) groups excluding carboxylic acids is 2. The zero-order valence-electron chi connectivity index (χ0n) is 13.1. The van der Waals surface area contributed by atoms with Gasteiger partial charge in [0.05, 0.1) is 18.4 Å². The number of ether oxygens (including phenoxy) is 1. The van der Waals surface area contributed by atoms with Crippen LogP contribution in [0.25, 0.3) is 6.08 Å². The summed E-state index contributed by atoms with van der Waals surface area (Å²) in [7, 11) is 3.02. The number of thiocarbonyl (C=S) groups is 1. The molecule has 6 nitrogen and oxygen atoms in total. The molecule has 0 radical (unpaired) electrons. The van der Waals surface area contributed by atoms with Gasteiger partial charge in [-0.05, 0) is 42.6 Å². The van der Waals surface area contributed by atoms with Gasteiger partial charge in [-0.3, -0.25) is 9.69 Å². The number of benzene rings is 1. The van der Waals surface area contributed by atoms with Gasteiger partial charge in [-0.15, -0.1) is 0 Å². The van der Waals surface area contributed by atoms with Crippen molar-refractivity contribution in [2.45, 2.75) is 0 Å². The molecule has 1 aliphatic rings. The predicted octanol–water partition coefficient (Wildman–Crippen LogP) is 2.41. The van der Waals surface area contributed by atoms with Crippen molar-refractivity contribution in [1.82, 2.24) is 9.88 Å². The molecule has 0 aliphatic carbocycles. The SMILES string of the molecule is COC(=O)c1ccccc1N1C(=O)C(=Cc2ccc[nH]2)N(C)C1=S. The van der Waals surface area contributed by atoms with Crippen LogP contribution >= 0.6 is 12.2 Å². The molecule has 0 unspecified atom stereocenters. The number of esters is 1. The van der Waals surface area contributed by atoms with Gasteiger partial charge in [0, 0.05) is 18.9 Å². The van der Waals surface area contributed by atoms with Gasteiger partial charge in [-0.2, -0.15) is 0 Å². The fourth-order valence-corrected chi connectivity index (χ4v) is 2.78. The normalized spacial score (nSPS) is 16.2. The highest BCUT2D eigenvalue weighted by molar-refractivity contribution is 7.80. The van der Waals surface area contributed by atoms with E-state index in [1.54, 1.807) is 48.5 Å². The van der Waals surface area contributed by atoms with Gasteiger partial charge >= 0.3 is 5.97 Å². The number of likely N-dealkylation sites (N-methyl/N-ethyl adjacent to an activating group) is 1. The monoisotopic (exact) mass is 341 g/mol. The van der Waals surface area contributed by atoms with E-state index in [-0.39, 0.29) is 11.5 Å². The van der Waals surface area contributed by atoms with Crippen LogP contribution in [0.2, 0.25) is 0 Å². The Labute approximate surface area is 144 Å². The average molecular weight is 341 g/mol. The van der Waals surface area contributed by atoms with Crippen LogP contribution in [0.5, 0.6) is 0 Å². The summed E-state index contributed by atoms with van der Waals surface area (Å²) in [5, 5.41) is 0.300. The number of amides is 1. The molecule has 0 bridgehead atoms. The molecule has 2 heterocycles. The second-order valence-corrected chi connectivity index (χ2v) is 5.51. The van der Waals surface area contributed by atoms with Gasteiger partial charge in [0.25, 0.3) is 5.91 Å². The molecule has 1 aromatic carbocycles. The Morgan fingerprint density at radius 2 is 2.00 bits per heavy atom. The Morgan fingerprint density at radius 3 is 2.67 bits per heavy atom. The van der Waals surface area contributed by atoms with E-state index in [4.69, 9.17) is 17.0 Å². The number of nitrogens with one attached hydrogen (secondary N) is 1. The molecular weight excluding hydrogens is 326 g/mol. The van der Waals surface area contributed by atoms with E-state index in [1.165, 1.54) is 12.0 Å². The van der Waals surface area contributed by atoms with Crippen LogP contribution in [-0.4, -0.2) is 41.0 Å². The maximum absolute atomic E-state index is 12.9. The van der Waals surface area contributed by atoms with E-state index in [9.17, 15) is 9.59 Å². The number of para-hydroxylation sites is 1. The first kappa shape index (κ1) is 15.9. The number of nitrogens with zero attached hydrogens (tertiary/aromatic N) is 2. The summed E-state index contributed by atoms with van der Waals surface area (Å²) in [6.07, 6.45) is 3.49. The number of rotatable bonds is 3. The Bertz CT molecular complexity index is 843. The molecular formula is C17H15N3O3S. The van der Waals surface area contributed by atoms with Crippen molar-refractivity contribution in [3.8, 4) is 0 Å². The van der Waals surface area contributed by atoms with Crippen molar-refractivity contribution in [3.05, 3.63) is 59.5 Å². The molecule has 1 fully saturated rings. The minimum atomic E-state index is -0.523. The van der Waals surface area contributed by atoms with Crippen LogP contribution in [0.15, 0.2) is 48.3 Å². The molecule has 1 aliphatic heterocycles. The molecule has 122 valence electrons. The smallest absolute Gasteiger partial charge is 0.339 e. The number of carbonyl (C=O) groups is 2. The number of hydrogen-bond donors (Lipinski definition) is 1. The molecule has 1 aromatic heterocycles. The fraction of sp³-hybridized carbons (Fsp3) is 0.118. The lowest BCUT2D eigenvalue weighted by atomic mass is 10.1. The highest BCUT2D eigenvalue weighted by Crippen LogP contribution is 2.30. The number of hydrogen-bond acceptors (Lipinski definition) is 4. The lowest BCUT2D eigenvalue weighted by molar-refractivity contribution is -0.114. The average Bonchev–Trinajstić information content (AvgIpc) is 3.18. The standard InChI is InChI=1S/C17H15N3O3S/c1-19-14(10-11-6-5-9-18-11)15(21)20(17(19)24)13-8-4-3-7-12(13)16(22)23-2/h3-10,18H,1-2H3. The van der Waals surface area contributed by atoms with Gasteiger partial charge in [0.2, 0.25) is 0 Å². The van der Waals surface area contributed by atoms with Crippen molar-refractivity contribution in [3.63, 3.8) is 0 Å². The molecule has 3 rings (SSSR count). The van der Waals surface area contributed by atoms with E-state index in [1.807, 2.05) is 12.1 Å². The lowest BCUT2D eigenvalue weighted by Crippen LogP contribution is -2.32. The summed E-state index contributed by atoms with van der Waals surface area (Å²) in [5.74, 6) is -0.820. The molecule has 24 heavy (non-hydrogen) atoms. The second kappa shape index (κ2) is 6.29. The zero-order chi connectivity index (χ0) is 17.3. The maximum Gasteiger partial charge on any atom is 0.339 e. The van der Waals surface area contributed by atoms with Crippen LogP contribution < -0.4 is 4.90 Å². The number of methoxy groups -OCH3 is 1. The van der Waals surface area contributed by atoms with Crippen molar-refractivity contribution in [1.29, 1.82) is 0 Å². The highest BCUT2D eigenvalue weighted by Gasteiger charge is 2.38. The zero-order valence-corrected chi connectivity index (χ0v) is 14.0. The number of anilines is 1. The van der Waals surface area contributed by atoms with Crippen molar-refractivity contribution >= 4 is 41.0 Å². The molecule has 7 heteroatoms. The molecule has 0 saturated carbocycles. The van der Waals surface area contributed by atoms with Crippen LogP contribution in [0.4, 0.5) is 5.69 Å². The molecule has 2 aromatic rings. The van der Waals surface area contributed by atoms with E-state index >= 15 is 0 Å². The Morgan fingerprint density at radius 1 is 1.25 bits per heavy atom. The quantitative estimate of drug-likeness (QED) is 0.528. The van der Waals surface area contributed by atoms with Crippen LogP contribution in [0.1, 0.15) is 16.1 Å². The Kier molecular flexibility index (Phi) is 4.18. The topological polar surface area (TPSA) is 65.6 Å². The first-order chi connectivity index (χ1) is 11.5. The maximum atomic E-state index is 12.9. The molecule has 0 spiro atoms. The number of aromatic nitrogens is 1. The minimum Gasteiger partial charge on any atom is -0.465 e. The summed E-state index contributed by atoms with van der Waals surface area (Å²) in [6.45, 7) is 0. The van der Waals surface area contributed by atoms with E-state index in [0.29, 0.717) is 16.5 Å². The van der Waals surface area contributed by atoms with Gasteiger partial charge < -0.3 is 14.6 Å². The van der Waals surface area contributed by atoms with E-state index in [2.05, 4.69) is 4.98 Å². The molecule has 0 atom stereocenters. The van der Waals surface area contributed by atoms with Crippen molar-refractivity contribution < 1.29 is 14.3 Å². The Hall–Kier alpha value is -2.93. The Balaban J connectivity index is 2.06. The van der Waals surface area contributed by atoms with Crippen LogP contribution in [0, 0.1) is 0 Å². The van der Waals surface area contributed by atoms with Gasteiger partial charge in [0.15, 0.2) is 5.11 Å². The summed E-state index contributed by atoms with van der Waals surface area (Å²) in [5.41, 5.74) is 1.89. The largest absolute Gasteiger partial charge is 0.465 e. The highest BCUT2D eigenvalue weighted by atomic mass is 32.1. The van der Waals surface area contributed by atoms with Crippen LogP contribution in [0.3, 0.4) is 0 Å². The second-order valence-electron chi connectivity index (χ2n) is 5.15. The van der Waals surface area contributed by atoms with Crippen LogP contribution in [-0.2, 0) is 9.53 Å². The van der Waals surface area contributed by atoms with Gasteiger partial charge in [-0.1, -0.05) is 12.1 Å². The van der Waals surface area contributed by atoms with Crippen molar-refractivity contribution in [2.24, 2.45) is 0 Å². The van der Waals surface area contributed by atoms with E-state index < -0.39 is 5.97 Å². The molecule has 1 saturated heterocycles. The first-order valence-electron chi connectivity index (χ1n) is 7.19. The first-order valence-corrected chi connectivity index (χ1v) is 7.60. The lowest BCUT2D eigenvalue weighted by Gasteiger charge is -2.18. The number of aromatic amines is 1. The van der Waals surface area contributed by atoms with Crippen molar-refractivity contribution in [2.75, 3.05) is 19.1 Å². The minimum absolute atomic E-state index is 0.283. The molecule has 1 amide bonds. The summed E-state index contributed by atoms with van der Waals surface area (Å²) in [6, 6.07) is 10.4. The van der Waals surface area contributed by atoms with Gasteiger partial charge in [-0.25, -0.2) is 4.79 Å². The van der Waals surface area contributed by atoms with E-state index in [0.717, 1.165) is 5.69 Å². The van der Waals surface area contributed by atoms with Gasteiger partial charge in [0.1, 0.15) is 5.70 Å². The third-order valence-electron chi connectivity index (χ3n) is 3.73. The fourth-order valence-electron chi connectivity index (χ4n) is 2.50. The summed E-state index contributed by atoms with van der Waals surface area (Å²) < 4.78 is 4.79. The summed E-state index contributed by atoms with van der Waals surface area (Å²) in [4.78, 5) is 30.8. The number of H-pyrrole nitrogens is 1. The third-order valence-corrected chi connectivity index (χ3v) is 4.18. The summed E-state index contributed by atoms with van der Waals surface area (Å²) >= 11 is 5.41. The molecule has 1 N–H and O–H groups in total. The third kappa shape index (κ3) is 2.59. The predicted molar refractivity (Wildman–Crippen MR) is 94.4 cm³/mol.